The third-order valence-corrected chi connectivity index (χ3v) is 4.80. The Morgan fingerprint density at radius 1 is 1.04 bits per heavy atom. The van der Waals surface area contributed by atoms with Crippen LogP contribution in [0, 0.1) is 0 Å². The van der Waals surface area contributed by atoms with Crippen molar-refractivity contribution in [2.75, 3.05) is 38.7 Å². The minimum Gasteiger partial charge on any atom is -0.495 e. The predicted octanol–water partition coefficient (Wildman–Crippen LogP) is 3.73. The second-order valence-corrected chi connectivity index (χ2v) is 6.72. The van der Waals surface area contributed by atoms with Gasteiger partial charge in [-0.05, 0) is 36.4 Å². The highest BCUT2D eigenvalue weighted by Gasteiger charge is 2.20. The van der Waals surface area contributed by atoms with Gasteiger partial charge >= 0.3 is 0 Å². The van der Waals surface area contributed by atoms with Gasteiger partial charge in [0.2, 0.25) is 0 Å². The normalized spacial score (nSPS) is 14.0. The van der Waals surface area contributed by atoms with Crippen LogP contribution in [0.15, 0.2) is 36.4 Å². The van der Waals surface area contributed by atoms with Crippen LogP contribution >= 0.6 is 23.2 Å². The molecule has 0 bridgehead atoms. The number of anilines is 1. The van der Waals surface area contributed by atoms with Gasteiger partial charge < -0.3 is 19.7 Å². The number of rotatable bonds is 4. The van der Waals surface area contributed by atoms with Gasteiger partial charge in [0, 0.05) is 24.2 Å². The second kappa shape index (κ2) is 8.61. The first kappa shape index (κ1) is 19.5. The zero-order valence-corrected chi connectivity index (χ0v) is 16.1. The van der Waals surface area contributed by atoms with Crippen molar-refractivity contribution in [1.29, 1.82) is 0 Å². The summed E-state index contributed by atoms with van der Waals surface area (Å²) in [4.78, 5) is 26.8. The average molecular weight is 409 g/mol. The minimum atomic E-state index is -0.391. The van der Waals surface area contributed by atoms with Crippen LogP contribution in [0.4, 0.5) is 5.69 Å². The van der Waals surface area contributed by atoms with Crippen molar-refractivity contribution in [3.05, 3.63) is 57.6 Å². The van der Waals surface area contributed by atoms with Crippen LogP contribution in [0.1, 0.15) is 20.7 Å². The molecule has 1 heterocycles. The molecule has 6 nitrogen and oxygen atoms in total. The van der Waals surface area contributed by atoms with Crippen LogP contribution in [0.2, 0.25) is 10.0 Å². The molecule has 1 saturated heterocycles. The van der Waals surface area contributed by atoms with E-state index in [2.05, 4.69) is 5.32 Å². The highest BCUT2D eigenvalue weighted by Crippen LogP contribution is 2.27. The van der Waals surface area contributed by atoms with Crippen molar-refractivity contribution in [3.63, 3.8) is 0 Å². The summed E-state index contributed by atoms with van der Waals surface area (Å²) in [5, 5.41) is 3.38. The van der Waals surface area contributed by atoms with E-state index in [9.17, 15) is 9.59 Å². The van der Waals surface area contributed by atoms with Gasteiger partial charge in [0.15, 0.2) is 0 Å². The Balaban J connectivity index is 1.79. The molecule has 0 atom stereocenters. The fourth-order valence-electron chi connectivity index (χ4n) is 2.71. The molecule has 27 heavy (non-hydrogen) atoms. The number of benzene rings is 2. The first-order valence-electron chi connectivity index (χ1n) is 8.31. The molecule has 1 aliphatic heterocycles. The molecule has 142 valence electrons. The summed E-state index contributed by atoms with van der Waals surface area (Å²) in [7, 11) is 1.50. The Morgan fingerprint density at radius 3 is 2.41 bits per heavy atom. The molecule has 0 aliphatic carbocycles. The topological polar surface area (TPSA) is 67.9 Å². The quantitative estimate of drug-likeness (QED) is 0.836. The molecule has 0 saturated carbocycles. The highest BCUT2D eigenvalue weighted by molar-refractivity contribution is 6.34. The number of halogens is 2. The summed E-state index contributed by atoms with van der Waals surface area (Å²) in [5.74, 6) is -0.0419. The van der Waals surface area contributed by atoms with Crippen molar-refractivity contribution in [2.24, 2.45) is 0 Å². The molecule has 8 heteroatoms. The Morgan fingerprint density at radius 2 is 1.74 bits per heavy atom. The summed E-state index contributed by atoms with van der Waals surface area (Å²) in [6.07, 6.45) is 0. The lowest BCUT2D eigenvalue weighted by molar-refractivity contribution is 0.0303. The third kappa shape index (κ3) is 4.53. The van der Waals surface area contributed by atoms with Gasteiger partial charge in [-0.2, -0.15) is 0 Å². The molecule has 0 aromatic heterocycles. The zero-order valence-electron chi connectivity index (χ0n) is 14.6. The first-order valence-corrected chi connectivity index (χ1v) is 9.06. The van der Waals surface area contributed by atoms with E-state index in [1.54, 1.807) is 35.2 Å². The molecular formula is C19H18Cl2N2O4. The number of hydrogen-bond donors (Lipinski definition) is 1. The summed E-state index contributed by atoms with van der Waals surface area (Å²) >= 11 is 12.3. The number of amides is 2. The molecule has 0 spiro atoms. The summed E-state index contributed by atoms with van der Waals surface area (Å²) in [5.41, 5.74) is 1.15. The molecule has 3 rings (SSSR count). The van der Waals surface area contributed by atoms with E-state index in [0.717, 1.165) is 0 Å². The lowest BCUT2D eigenvalue weighted by Crippen LogP contribution is -2.40. The van der Waals surface area contributed by atoms with Crippen LogP contribution in [0.25, 0.3) is 0 Å². The third-order valence-electron chi connectivity index (χ3n) is 4.17. The monoisotopic (exact) mass is 408 g/mol. The number of methoxy groups -OCH3 is 1. The second-order valence-electron chi connectivity index (χ2n) is 5.90. The molecule has 0 unspecified atom stereocenters. The van der Waals surface area contributed by atoms with Crippen LogP contribution in [-0.4, -0.2) is 50.1 Å². The Hall–Kier alpha value is -2.28. The molecule has 2 aromatic carbocycles. The van der Waals surface area contributed by atoms with Crippen LogP contribution in [0.3, 0.4) is 0 Å². The fraction of sp³-hybridized carbons (Fsp3) is 0.263. The standard InChI is InChI=1S/C19H18Cl2N2O4/c1-26-17-5-3-12(10-15(17)21)18(24)22-16-11-13(2-4-14(16)20)19(25)23-6-8-27-9-7-23/h2-5,10-11H,6-9H2,1H3,(H,22,24). The maximum absolute atomic E-state index is 12.6. The molecule has 0 radical (unpaired) electrons. The largest absolute Gasteiger partial charge is 0.495 e. The molecule has 2 aromatic rings. The van der Waals surface area contributed by atoms with E-state index in [4.69, 9.17) is 32.7 Å². The Kier molecular flexibility index (Phi) is 6.21. The van der Waals surface area contributed by atoms with Crippen molar-refractivity contribution in [1.82, 2.24) is 4.90 Å². The maximum Gasteiger partial charge on any atom is 0.255 e. The minimum absolute atomic E-state index is 0.127. The van der Waals surface area contributed by atoms with Gasteiger partial charge in [-0.1, -0.05) is 23.2 Å². The molecule has 2 amide bonds. The Labute approximate surface area is 167 Å². The summed E-state index contributed by atoms with van der Waals surface area (Å²) < 4.78 is 10.3. The van der Waals surface area contributed by atoms with E-state index in [-0.39, 0.29) is 5.91 Å². The Bertz CT molecular complexity index is 867. The number of morpholine rings is 1. The van der Waals surface area contributed by atoms with Gasteiger partial charge in [-0.25, -0.2) is 0 Å². The van der Waals surface area contributed by atoms with Gasteiger partial charge in [0.1, 0.15) is 5.75 Å². The number of carbonyl (C=O) groups is 2. The van der Waals surface area contributed by atoms with Gasteiger partial charge in [-0.3, -0.25) is 9.59 Å². The predicted molar refractivity (Wildman–Crippen MR) is 104 cm³/mol. The molecule has 1 fully saturated rings. The van der Waals surface area contributed by atoms with Crippen LogP contribution in [0.5, 0.6) is 5.75 Å². The molecular weight excluding hydrogens is 391 g/mol. The number of hydrogen-bond acceptors (Lipinski definition) is 4. The lowest BCUT2D eigenvalue weighted by atomic mass is 10.1. The van der Waals surface area contributed by atoms with Crippen LogP contribution in [-0.2, 0) is 4.74 Å². The average Bonchev–Trinajstić information content (AvgIpc) is 2.69. The number of carbonyl (C=O) groups excluding carboxylic acids is 2. The zero-order chi connectivity index (χ0) is 19.4. The van der Waals surface area contributed by atoms with Crippen LogP contribution < -0.4 is 10.1 Å². The van der Waals surface area contributed by atoms with E-state index in [0.29, 0.717) is 58.9 Å². The maximum atomic E-state index is 12.6. The lowest BCUT2D eigenvalue weighted by Gasteiger charge is -2.27. The smallest absolute Gasteiger partial charge is 0.255 e. The first-order chi connectivity index (χ1) is 13.0. The van der Waals surface area contributed by atoms with Crippen molar-refractivity contribution in [3.8, 4) is 5.75 Å². The fourth-order valence-corrected chi connectivity index (χ4v) is 3.13. The van der Waals surface area contributed by atoms with Gasteiger partial charge in [0.05, 0.1) is 36.1 Å². The highest BCUT2D eigenvalue weighted by atomic mass is 35.5. The number of nitrogens with zero attached hydrogens (tertiary/aromatic N) is 1. The molecule has 1 aliphatic rings. The number of nitrogens with one attached hydrogen (secondary N) is 1. The summed E-state index contributed by atoms with van der Waals surface area (Å²) in [6, 6.07) is 9.51. The summed E-state index contributed by atoms with van der Waals surface area (Å²) in [6.45, 7) is 2.10. The van der Waals surface area contributed by atoms with Crippen molar-refractivity contribution < 1.29 is 19.1 Å². The van der Waals surface area contributed by atoms with Crippen molar-refractivity contribution >= 4 is 40.7 Å². The molecule has 1 N–H and O–H groups in total. The van der Waals surface area contributed by atoms with E-state index in [1.807, 2.05) is 0 Å². The number of ether oxygens (including phenoxy) is 2. The van der Waals surface area contributed by atoms with Crippen molar-refractivity contribution in [2.45, 2.75) is 0 Å². The van der Waals surface area contributed by atoms with E-state index >= 15 is 0 Å². The van der Waals surface area contributed by atoms with Gasteiger partial charge in [-0.15, -0.1) is 0 Å². The van der Waals surface area contributed by atoms with E-state index < -0.39 is 5.91 Å². The SMILES string of the molecule is COc1ccc(C(=O)Nc2cc(C(=O)N3CCOCC3)ccc2Cl)cc1Cl. The van der Waals surface area contributed by atoms with E-state index in [1.165, 1.54) is 13.2 Å². The van der Waals surface area contributed by atoms with Gasteiger partial charge in [0.25, 0.3) is 11.8 Å².